The molecule has 0 unspecified atom stereocenters. The molecule has 0 aliphatic rings. The average Bonchev–Trinajstić information content (AvgIpc) is 2.97. The fraction of sp³-hybridized carbons (Fsp3) is 0.231. The van der Waals surface area contributed by atoms with E-state index in [0.717, 1.165) is 23.7 Å². The Bertz CT molecular complexity index is 704. The number of anilines is 2. The number of oxazole rings is 1. The number of benzene rings is 1. The molecule has 3 rings (SSSR count). The van der Waals surface area contributed by atoms with Crippen molar-refractivity contribution in [3.63, 3.8) is 0 Å². The van der Waals surface area contributed by atoms with E-state index in [4.69, 9.17) is 10.2 Å². The third-order valence-electron chi connectivity index (χ3n) is 2.73. The SMILES string of the molecule is Cc1csc(CCNc2nc3c(N)cccc3o2)n1. The van der Waals surface area contributed by atoms with Gasteiger partial charge in [-0.2, -0.15) is 4.98 Å². The topological polar surface area (TPSA) is 77.0 Å². The first-order valence-electron chi connectivity index (χ1n) is 6.02. The van der Waals surface area contributed by atoms with Crippen LogP contribution in [-0.4, -0.2) is 16.5 Å². The summed E-state index contributed by atoms with van der Waals surface area (Å²) in [4.78, 5) is 8.74. The molecule has 0 atom stereocenters. The summed E-state index contributed by atoms with van der Waals surface area (Å²) >= 11 is 1.67. The Kier molecular flexibility index (Phi) is 3.08. The molecule has 0 aliphatic carbocycles. The predicted octanol–water partition coefficient (Wildman–Crippen LogP) is 2.83. The van der Waals surface area contributed by atoms with Gasteiger partial charge >= 0.3 is 0 Å². The summed E-state index contributed by atoms with van der Waals surface area (Å²) in [5.41, 5.74) is 8.93. The number of nitrogens with zero attached hydrogens (tertiary/aromatic N) is 2. The minimum absolute atomic E-state index is 0.501. The second-order valence-electron chi connectivity index (χ2n) is 4.27. The van der Waals surface area contributed by atoms with Crippen molar-refractivity contribution in [3.8, 4) is 0 Å². The molecule has 0 aliphatic heterocycles. The van der Waals surface area contributed by atoms with Gasteiger partial charge in [-0.25, -0.2) is 4.98 Å². The molecule has 5 nitrogen and oxygen atoms in total. The van der Waals surface area contributed by atoms with E-state index in [0.29, 0.717) is 22.8 Å². The number of fused-ring (bicyclic) bond motifs is 1. The number of nitrogens with one attached hydrogen (secondary N) is 1. The quantitative estimate of drug-likeness (QED) is 0.715. The van der Waals surface area contributed by atoms with Gasteiger partial charge in [-0.05, 0) is 19.1 Å². The second-order valence-corrected chi connectivity index (χ2v) is 5.22. The van der Waals surface area contributed by atoms with Gasteiger partial charge in [0.25, 0.3) is 6.01 Å². The second kappa shape index (κ2) is 4.89. The molecule has 1 aromatic carbocycles. The number of hydrogen-bond donors (Lipinski definition) is 2. The molecular formula is C13H14N4OS. The molecule has 0 fully saturated rings. The summed E-state index contributed by atoms with van der Waals surface area (Å²) in [5, 5.41) is 6.32. The smallest absolute Gasteiger partial charge is 0.295 e. The van der Waals surface area contributed by atoms with Gasteiger partial charge in [0, 0.05) is 24.0 Å². The molecule has 2 aromatic heterocycles. The predicted molar refractivity (Wildman–Crippen MR) is 77.5 cm³/mol. The minimum Gasteiger partial charge on any atom is -0.423 e. The Hall–Kier alpha value is -2.08. The monoisotopic (exact) mass is 274 g/mol. The van der Waals surface area contributed by atoms with Gasteiger partial charge < -0.3 is 15.5 Å². The van der Waals surface area contributed by atoms with Crippen LogP contribution in [0.2, 0.25) is 0 Å². The van der Waals surface area contributed by atoms with Crippen LogP contribution in [0.5, 0.6) is 0 Å². The van der Waals surface area contributed by atoms with Crippen molar-refractivity contribution >= 4 is 34.1 Å². The van der Waals surface area contributed by atoms with E-state index >= 15 is 0 Å². The molecule has 2 heterocycles. The van der Waals surface area contributed by atoms with Crippen molar-refractivity contribution < 1.29 is 4.42 Å². The summed E-state index contributed by atoms with van der Waals surface area (Å²) in [5.74, 6) is 0. The number of hydrogen-bond acceptors (Lipinski definition) is 6. The summed E-state index contributed by atoms with van der Waals surface area (Å²) in [7, 11) is 0. The lowest BCUT2D eigenvalue weighted by Gasteiger charge is -1.98. The normalized spacial score (nSPS) is 11.0. The molecule has 3 N–H and O–H groups in total. The van der Waals surface area contributed by atoms with E-state index in [9.17, 15) is 0 Å². The van der Waals surface area contributed by atoms with Crippen LogP contribution in [0.1, 0.15) is 10.7 Å². The highest BCUT2D eigenvalue weighted by molar-refractivity contribution is 7.09. The highest BCUT2D eigenvalue weighted by Gasteiger charge is 2.07. The van der Waals surface area contributed by atoms with E-state index < -0.39 is 0 Å². The van der Waals surface area contributed by atoms with Crippen molar-refractivity contribution in [1.82, 2.24) is 9.97 Å². The van der Waals surface area contributed by atoms with Gasteiger partial charge in [0.1, 0.15) is 5.52 Å². The lowest BCUT2D eigenvalue weighted by Crippen LogP contribution is -2.04. The Morgan fingerprint density at radius 2 is 2.26 bits per heavy atom. The molecule has 0 amide bonds. The molecular weight excluding hydrogens is 260 g/mol. The lowest BCUT2D eigenvalue weighted by atomic mass is 10.3. The Balaban J connectivity index is 1.67. The first-order chi connectivity index (χ1) is 9.22. The Morgan fingerprint density at radius 3 is 3.00 bits per heavy atom. The van der Waals surface area contributed by atoms with Crippen molar-refractivity contribution in [1.29, 1.82) is 0 Å². The molecule has 0 saturated carbocycles. The summed E-state index contributed by atoms with van der Waals surface area (Å²) in [6.45, 7) is 2.73. The van der Waals surface area contributed by atoms with E-state index in [2.05, 4.69) is 20.7 Å². The fourth-order valence-electron chi connectivity index (χ4n) is 1.84. The Labute approximate surface area is 114 Å². The number of nitrogen functional groups attached to an aromatic ring is 1. The maximum Gasteiger partial charge on any atom is 0.295 e. The molecule has 98 valence electrons. The molecule has 0 radical (unpaired) electrons. The first kappa shape index (κ1) is 12.0. The highest BCUT2D eigenvalue weighted by atomic mass is 32.1. The van der Waals surface area contributed by atoms with E-state index in [1.54, 1.807) is 11.3 Å². The van der Waals surface area contributed by atoms with Crippen molar-refractivity contribution in [2.75, 3.05) is 17.6 Å². The molecule has 0 saturated heterocycles. The standard InChI is InChI=1S/C13H14N4OS/c1-8-7-19-11(16-8)5-6-15-13-17-12-9(14)3-2-4-10(12)18-13/h2-4,7H,5-6,14H2,1H3,(H,15,17). The fourth-order valence-corrected chi connectivity index (χ4v) is 2.62. The maximum absolute atomic E-state index is 5.83. The zero-order chi connectivity index (χ0) is 13.2. The Morgan fingerprint density at radius 1 is 1.37 bits per heavy atom. The number of thiazole rings is 1. The van der Waals surface area contributed by atoms with Crippen molar-refractivity contribution in [2.45, 2.75) is 13.3 Å². The number of nitrogens with two attached hydrogens (primary N) is 1. The van der Waals surface area contributed by atoms with Gasteiger partial charge in [-0.3, -0.25) is 0 Å². The van der Waals surface area contributed by atoms with Crippen LogP contribution in [-0.2, 0) is 6.42 Å². The van der Waals surface area contributed by atoms with Gasteiger partial charge in [0.05, 0.1) is 10.7 Å². The van der Waals surface area contributed by atoms with Gasteiger partial charge in [-0.1, -0.05) is 6.07 Å². The van der Waals surface area contributed by atoms with Crippen LogP contribution in [0.3, 0.4) is 0 Å². The van der Waals surface area contributed by atoms with Gasteiger partial charge in [-0.15, -0.1) is 11.3 Å². The average molecular weight is 274 g/mol. The number of aryl methyl sites for hydroxylation is 1. The highest BCUT2D eigenvalue weighted by Crippen LogP contribution is 2.23. The summed E-state index contributed by atoms with van der Waals surface area (Å²) in [6, 6.07) is 6.02. The van der Waals surface area contributed by atoms with Crippen molar-refractivity contribution in [3.05, 3.63) is 34.3 Å². The van der Waals surface area contributed by atoms with Crippen LogP contribution in [0.25, 0.3) is 11.1 Å². The van der Waals surface area contributed by atoms with Crippen molar-refractivity contribution in [2.24, 2.45) is 0 Å². The number of para-hydroxylation sites is 1. The zero-order valence-corrected chi connectivity index (χ0v) is 11.3. The van der Waals surface area contributed by atoms with Crippen LogP contribution < -0.4 is 11.1 Å². The van der Waals surface area contributed by atoms with E-state index in [1.807, 2.05) is 25.1 Å². The molecule has 19 heavy (non-hydrogen) atoms. The molecule has 0 spiro atoms. The summed E-state index contributed by atoms with van der Waals surface area (Å²) in [6.07, 6.45) is 0.854. The molecule has 3 aromatic rings. The summed E-state index contributed by atoms with van der Waals surface area (Å²) < 4.78 is 5.57. The van der Waals surface area contributed by atoms with Crippen LogP contribution >= 0.6 is 11.3 Å². The molecule has 6 heteroatoms. The number of aromatic nitrogens is 2. The lowest BCUT2D eigenvalue weighted by molar-refractivity contribution is 0.614. The third kappa shape index (κ3) is 2.53. The van der Waals surface area contributed by atoms with Crippen LogP contribution in [0.4, 0.5) is 11.7 Å². The van der Waals surface area contributed by atoms with Crippen LogP contribution in [0.15, 0.2) is 28.0 Å². The van der Waals surface area contributed by atoms with E-state index in [1.165, 1.54) is 0 Å². The van der Waals surface area contributed by atoms with E-state index in [-0.39, 0.29) is 0 Å². The first-order valence-corrected chi connectivity index (χ1v) is 6.90. The van der Waals surface area contributed by atoms with Crippen LogP contribution in [0, 0.1) is 6.92 Å². The minimum atomic E-state index is 0.501. The maximum atomic E-state index is 5.83. The largest absolute Gasteiger partial charge is 0.423 e. The van der Waals surface area contributed by atoms with Gasteiger partial charge in [0.15, 0.2) is 5.58 Å². The third-order valence-corrected chi connectivity index (χ3v) is 3.76. The number of rotatable bonds is 4. The molecule has 0 bridgehead atoms. The van der Waals surface area contributed by atoms with Gasteiger partial charge in [0.2, 0.25) is 0 Å². The zero-order valence-electron chi connectivity index (χ0n) is 10.5.